The van der Waals surface area contributed by atoms with E-state index >= 15 is 0 Å². The first-order valence-electron chi connectivity index (χ1n) is 6.29. The van der Waals surface area contributed by atoms with Crippen molar-refractivity contribution in [1.29, 1.82) is 0 Å². The minimum absolute atomic E-state index is 0.753. The molecule has 94 valence electrons. The van der Waals surface area contributed by atoms with Crippen LogP contribution in [0.4, 0.5) is 0 Å². The van der Waals surface area contributed by atoms with E-state index in [2.05, 4.69) is 42.1 Å². The van der Waals surface area contributed by atoms with Crippen LogP contribution >= 0.6 is 0 Å². The lowest BCUT2D eigenvalue weighted by atomic mass is 10.1. The smallest absolute Gasteiger partial charge is 0.181 e. The van der Waals surface area contributed by atoms with Crippen molar-refractivity contribution in [3.05, 3.63) is 66.0 Å². The molecule has 0 amide bonds. The molecule has 0 aliphatic rings. The van der Waals surface area contributed by atoms with Gasteiger partial charge < -0.3 is 0 Å². The van der Waals surface area contributed by atoms with Gasteiger partial charge >= 0.3 is 0 Å². The van der Waals surface area contributed by atoms with Crippen molar-refractivity contribution in [3.8, 4) is 17.1 Å². The topological polar surface area (TPSA) is 30.7 Å². The van der Waals surface area contributed by atoms with Gasteiger partial charge in [0.2, 0.25) is 0 Å². The van der Waals surface area contributed by atoms with Crippen molar-refractivity contribution in [1.82, 2.24) is 14.8 Å². The molecule has 3 aromatic rings. The highest BCUT2D eigenvalue weighted by atomic mass is 15.3. The molecule has 0 unspecified atom stereocenters. The maximum absolute atomic E-state index is 4.58. The summed E-state index contributed by atoms with van der Waals surface area (Å²) >= 11 is 0. The standard InChI is InChI=1S/C16H15N3/c1-12-7-6-8-13(2)15(12)19-11-17-16(18-19)14-9-4-3-5-10-14/h3-11H,1-2H3. The molecule has 0 atom stereocenters. The quantitative estimate of drug-likeness (QED) is 0.695. The maximum atomic E-state index is 4.58. The molecule has 1 heterocycles. The minimum atomic E-state index is 0.753. The molecule has 1 aromatic heterocycles. The summed E-state index contributed by atoms with van der Waals surface area (Å²) in [5, 5.41) is 4.58. The lowest BCUT2D eigenvalue weighted by molar-refractivity contribution is 0.866. The Hall–Kier alpha value is -2.42. The molecule has 0 spiro atoms. The Morgan fingerprint density at radius 2 is 1.53 bits per heavy atom. The van der Waals surface area contributed by atoms with Gasteiger partial charge in [-0.3, -0.25) is 0 Å². The molecule has 0 saturated carbocycles. The Morgan fingerprint density at radius 3 is 2.21 bits per heavy atom. The Labute approximate surface area is 112 Å². The molecular weight excluding hydrogens is 234 g/mol. The molecule has 3 rings (SSSR count). The van der Waals surface area contributed by atoms with Crippen LogP contribution in [0.5, 0.6) is 0 Å². The molecule has 0 fully saturated rings. The van der Waals surface area contributed by atoms with Gasteiger partial charge in [-0.1, -0.05) is 48.5 Å². The van der Waals surface area contributed by atoms with Crippen LogP contribution in [0.25, 0.3) is 17.1 Å². The van der Waals surface area contributed by atoms with Gasteiger partial charge in [0, 0.05) is 5.56 Å². The lowest BCUT2D eigenvalue weighted by Crippen LogP contribution is -2.00. The zero-order chi connectivity index (χ0) is 13.2. The van der Waals surface area contributed by atoms with Gasteiger partial charge in [0.25, 0.3) is 0 Å². The van der Waals surface area contributed by atoms with Crippen LogP contribution in [-0.2, 0) is 0 Å². The predicted octanol–water partition coefficient (Wildman–Crippen LogP) is 3.55. The number of hydrogen-bond acceptors (Lipinski definition) is 2. The van der Waals surface area contributed by atoms with Gasteiger partial charge in [-0.15, -0.1) is 5.10 Å². The molecule has 3 heteroatoms. The van der Waals surface area contributed by atoms with Gasteiger partial charge in [-0.05, 0) is 25.0 Å². The van der Waals surface area contributed by atoms with E-state index in [1.165, 1.54) is 11.1 Å². The maximum Gasteiger partial charge on any atom is 0.181 e. The van der Waals surface area contributed by atoms with Crippen molar-refractivity contribution in [2.24, 2.45) is 0 Å². The first-order valence-corrected chi connectivity index (χ1v) is 6.29. The molecular formula is C16H15N3. The van der Waals surface area contributed by atoms with Crippen molar-refractivity contribution >= 4 is 0 Å². The van der Waals surface area contributed by atoms with E-state index in [9.17, 15) is 0 Å². The summed E-state index contributed by atoms with van der Waals surface area (Å²) in [6.45, 7) is 4.18. The van der Waals surface area contributed by atoms with Crippen LogP contribution in [-0.4, -0.2) is 14.8 Å². The molecule has 0 radical (unpaired) electrons. The highest BCUT2D eigenvalue weighted by Gasteiger charge is 2.08. The Balaban J connectivity index is 2.07. The number of rotatable bonds is 2. The van der Waals surface area contributed by atoms with E-state index in [1.807, 2.05) is 35.0 Å². The number of aryl methyl sites for hydroxylation is 2. The fraction of sp³-hybridized carbons (Fsp3) is 0.125. The summed E-state index contributed by atoms with van der Waals surface area (Å²) in [6.07, 6.45) is 1.78. The lowest BCUT2D eigenvalue weighted by Gasteiger charge is -2.08. The summed E-state index contributed by atoms with van der Waals surface area (Å²) in [4.78, 5) is 4.40. The first kappa shape index (κ1) is 11.7. The number of aromatic nitrogens is 3. The van der Waals surface area contributed by atoms with E-state index in [0.717, 1.165) is 17.1 Å². The van der Waals surface area contributed by atoms with Crippen LogP contribution in [0, 0.1) is 13.8 Å². The van der Waals surface area contributed by atoms with E-state index in [0.29, 0.717) is 0 Å². The molecule has 19 heavy (non-hydrogen) atoms. The zero-order valence-corrected chi connectivity index (χ0v) is 11.0. The molecule has 2 aromatic carbocycles. The van der Waals surface area contributed by atoms with Crippen molar-refractivity contribution in [3.63, 3.8) is 0 Å². The number of hydrogen-bond donors (Lipinski definition) is 0. The molecule has 0 N–H and O–H groups in total. The fourth-order valence-corrected chi connectivity index (χ4v) is 2.26. The van der Waals surface area contributed by atoms with Crippen LogP contribution in [0.3, 0.4) is 0 Å². The highest BCUT2D eigenvalue weighted by molar-refractivity contribution is 5.55. The van der Waals surface area contributed by atoms with Crippen molar-refractivity contribution in [2.75, 3.05) is 0 Å². The van der Waals surface area contributed by atoms with Crippen molar-refractivity contribution in [2.45, 2.75) is 13.8 Å². The number of nitrogens with zero attached hydrogens (tertiary/aromatic N) is 3. The van der Waals surface area contributed by atoms with Crippen LogP contribution in [0.1, 0.15) is 11.1 Å². The summed E-state index contributed by atoms with van der Waals surface area (Å²) in [7, 11) is 0. The second kappa shape index (κ2) is 4.69. The first-order chi connectivity index (χ1) is 9.25. The van der Waals surface area contributed by atoms with Gasteiger partial charge in [-0.25, -0.2) is 9.67 Å². The average Bonchev–Trinajstić information content (AvgIpc) is 2.89. The predicted molar refractivity (Wildman–Crippen MR) is 76.3 cm³/mol. The normalized spacial score (nSPS) is 10.6. The monoisotopic (exact) mass is 249 g/mol. The molecule has 3 nitrogen and oxygen atoms in total. The molecule has 0 aliphatic carbocycles. The number of benzene rings is 2. The largest absolute Gasteiger partial charge is 0.220 e. The van der Waals surface area contributed by atoms with Gasteiger partial charge in [-0.2, -0.15) is 0 Å². The van der Waals surface area contributed by atoms with Gasteiger partial charge in [0.1, 0.15) is 6.33 Å². The molecule has 0 saturated heterocycles. The van der Waals surface area contributed by atoms with Crippen LogP contribution < -0.4 is 0 Å². The van der Waals surface area contributed by atoms with Crippen LogP contribution in [0.15, 0.2) is 54.9 Å². The third-order valence-corrected chi connectivity index (χ3v) is 3.19. The third-order valence-electron chi connectivity index (χ3n) is 3.19. The van der Waals surface area contributed by atoms with E-state index in [4.69, 9.17) is 0 Å². The Kier molecular flexibility index (Phi) is 2.88. The fourth-order valence-electron chi connectivity index (χ4n) is 2.26. The molecule has 0 bridgehead atoms. The Bertz CT molecular complexity index is 679. The summed E-state index contributed by atoms with van der Waals surface area (Å²) in [5.41, 5.74) is 4.54. The van der Waals surface area contributed by atoms with Crippen molar-refractivity contribution < 1.29 is 0 Å². The van der Waals surface area contributed by atoms with Gasteiger partial charge in [0.05, 0.1) is 5.69 Å². The second-order valence-corrected chi connectivity index (χ2v) is 4.62. The van der Waals surface area contributed by atoms with E-state index < -0.39 is 0 Å². The van der Waals surface area contributed by atoms with Gasteiger partial charge in [0.15, 0.2) is 5.82 Å². The summed E-state index contributed by atoms with van der Waals surface area (Å²) in [6, 6.07) is 16.3. The summed E-state index contributed by atoms with van der Waals surface area (Å²) in [5.74, 6) is 0.753. The molecule has 0 aliphatic heterocycles. The minimum Gasteiger partial charge on any atom is -0.220 e. The SMILES string of the molecule is Cc1cccc(C)c1-n1cnc(-c2ccccc2)n1. The Morgan fingerprint density at radius 1 is 0.842 bits per heavy atom. The third kappa shape index (κ3) is 2.15. The second-order valence-electron chi connectivity index (χ2n) is 4.62. The highest BCUT2D eigenvalue weighted by Crippen LogP contribution is 2.20. The van der Waals surface area contributed by atoms with E-state index in [1.54, 1.807) is 6.33 Å². The van der Waals surface area contributed by atoms with E-state index in [-0.39, 0.29) is 0 Å². The average molecular weight is 249 g/mol. The zero-order valence-electron chi connectivity index (χ0n) is 11.0. The number of para-hydroxylation sites is 1. The summed E-state index contributed by atoms with van der Waals surface area (Å²) < 4.78 is 1.85. The van der Waals surface area contributed by atoms with Crippen LogP contribution in [0.2, 0.25) is 0 Å².